The average Bonchev–Trinajstić information content (AvgIpc) is 3.68. The van der Waals surface area contributed by atoms with Gasteiger partial charge < -0.3 is 25.2 Å². The van der Waals surface area contributed by atoms with Crippen LogP contribution in [0.3, 0.4) is 0 Å². The number of rotatable bonds is 17. The number of hydrogen-bond donors (Lipinski definition) is 3. The van der Waals surface area contributed by atoms with Gasteiger partial charge in [-0.15, -0.1) is 0 Å². The van der Waals surface area contributed by atoms with Crippen molar-refractivity contribution in [1.29, 1.82) is 0 Å². The van der Waals surface area contributed by atoms with E-state index < -0.39 is 15.7 Å². The minimum absolute atomic E-state index is 0.00760. The Morgan fingerprint density at radius 3 is 2.44 bits per heavy atom. The third-order valence-corrected chi connectivity index (χ3v) is 10.0. The van der Waals surface area contributed by atoms with E-state index in [9.17, 15) is 23.1 Å². The Bertz CT molecular complexity index is 1380. The number of carbonyl (C=O) groups excluding carboxylic acids is 2. The molecule has 45 heavy (non-hydrogen) atoms. The first-order valence-electron chi connectivity index (χ1n) is 15.9. The lowest BCUT2D eigenvalue weighted by molar-refractivity contribution is -0.122. The van der Waals surface area contributed by atoms with Crippen LogP contribution in [0.2, 0.25) is 0 Å². The molecule has 2 heterocycles. The van der Waals surface area contributed by atoms with Crippen LogP contribution in [-0.4, -0.2) is 85.8 Å². The first kappa shape index (κ1) is 34.7. The Morgan fingerprint density at radius 2 is 1.73 bits per heavy atom. The highest BCUT2D eigenvalue weighted by Crippen LogP contribution is 2.37. The Balaban J connectivity index is 1.39. The third kappa shape index (κ3) is 9.90. The predicted octanol–water partition coefficient (Wildman–Crippen LogP) is 3.27. The van der Waals surface area contributed by atoms with Crippen LogP contribution in [0.5, 0.6) is 11.5 Å². The zero-order valence-corrected chi connectivity index (χ0v) is 27.5. The summed E-state index contributed by atoms with van der Waals surface area (Å²) in [5.74, 6) is 0.517. The second kappa shape index (κ2) is 15.9. The minimum Gasteiger partial charge on any atom is -0.454 e. The van der Waals surface area contributed by atoms with E-state index in [0.717, 1.165) is 35.8 Å². The van der Waals surface area contributed by atoms with Crippen LogP contribution < -0.4 is 20.1 Å². The molecule has 0 bridgehead atoms. The fourth-order valence-electron chi connectivity index (χ4n) is 5.81. The molecule has 0 saturated carbocycles. The van der Waals surface area contributed by atoms with Crippen molar-refractivity contribution in [3.05, 3.63) is 54.1 Å². The quantitative estimate of drug-likeness (QED) is 0.223. The van der Waals surface area contributed by atoms with Crippen LogP contribution >= 0.6 is 0 Å². The molecule has 2 aliphatic heterocycles. The first-order chi connectivity index (χ1) is 21.5. The van der Waals surface area contributed by atoms with Crippen molar-refractivity contribution in [2.24, 2.45) is 5.92 Å². The van der Waals surface area contributed by atoms with Crippen LogP contribution in [0.25, 0.3) is 0 Å². The number of nitrogens with zero attached hydrogens (tertiary/aromatic N) is 2. The van der Waals surface area contributed by atoms with Crippen LogP contribution in [0.1, 0.15) is 64.9 Å². The van der Waals surface area contributed by atoms with Gasteiger partial charge in [-0.2, -0.15) is 4.31 Å². The van der Waals surface area contributed by atoms with E-state index in [-0.39, 0.29) is 67.8 Å². The summed E-state index contributed by atoms with van der Waals surface area (Å²) < 4.78 is 40.2. The fourth-order valence-corrected chi connectivity index (χ4v) is 7.66. The van der Waals surface area contributed by atoms with Gasteiger partial charge in [-0.05, 0) is 69.3 Å². The van der Waals surface area contributed by atoms with Gasteiger partial charge in [0, 0.05) is 44.5 Å². The van der Waals surface area contributed by atoms with Crippen LogP contribution in [-0.2, 0) is 26.0 Å². The highest BCUT2D eigenvalue weighted by Gasteiger charge is 2.43. The fraction of sp³-hybridized carbons (Fsp3) is 0.576. The molecule has 0 spiro atoms. The number of carbonyl (C=O) groups is 2. The van der Waals surface area contributed by atoms with Gasteiger partial charge in [-0.1, -0.05) is 44.2 Å². The van der Waals surface area contributed by atoms with Crippen molar-refractivity contribution in [2.45, 2.75) is 82.4 Å². The highest BCUT2D eigenvalue weighted by molar-refractivity contribution is 7.89. The van der Waals surface area contributed by atoms with Crippen molar-refractivity contribution in [3.8, 4) is 11.5 Å². The highest BCUT2D eigenvalue weighted by atomic mass is 32.2. The van der Waals surface area contributed by atoms with E-state index in [1.807, 2.05) is 51.1 Å². The molecule has 2 aromatic carbocycles. The molecule has 2 unspecified atom stereocenters. The van der Waals surface area contributed by atoms with E-state index in [2.05, 4.69) is 15.5 Å². The molecular weight excluding hydrogens is 596 g/mol. The van der Waals surface area contributed by atoms with Crippen molar-refractivity contribution < 1.29 is 32.6 Å². The molecule has 12 heteroatoms. The van der Waals surface area contributed by atoms with Gasteiger partial charge in [-0.25, -0.2) is 8.42 Å². The summed E-state index contributed by atoms with van der Waals surface area (Å²) in [4.78, 5) is 27.2. The Morgan fingerprint density at radius 1 is 1.02 bits per heavy atom. The molecule has 11 nitrogen and oxygen atoms in total. The minimum atomic E-state index is -4.19. The van der Waals surface area contributed by atoms with E-state index >= 15 is 0 Å². The Labute approximate surface area is 267 Å². The molecule has 4 rings (SSSR count). The summed E-state index contributed by atoms with van der Waals surface area (Å²) in [6.07, 6.45) is 3.78. The maximum absolute atomic E-state index is 14.1. The summed E-state index contributed by atoms with van der Waals surface area (Å²) >= 11 is 0. The second-order valence-electron chi connectivity index (χ2n) is 12.5. The van der Waals surface area contributed by atoms with Crippen LogP contribution in [0.15, 0.2) is 53.4 Å². The molecule has 3 N–H and O–H groups in total. The summed E-state index contributed by atoms with van der Waals surface area (Å²) in [5, 5.41) is 18.1. The lowest BCUT2D eigenvalue weighted by Crippen LogP contribution is -2.55. The normalized spacial score (nSPS) is 16.9. The Kier molecular flexibility index (Phi) is 12.2. The van der Waals surface area contributed by atoms with Crippen molar-refractivity contribution in [2.75, 3.05) is 39.5 Å². The lowest BCUT2D eigenvalue weighted by Gasteiger charge is -2.40. The van der Waals surface area contributed by atoms with Crippen LogP contribution in [0, 0.1) is 5.92 Å². The standard InChI is InChI=1S/C33H48N4O7S/c1-25(2)22-37(45(41,42)28-14-15-29-30(20-28)44-24-43-29)33(40,21-27-11-5-4-6-12-27)16-17-34-31(38)13-9-10-26(3)35-32(39)23-36-18-7-8-19-36/h4-6,11-12,14-15,20,25-26,40H,7-10,13,16-19,21-24H2,1-3H3,(H,34,38)(H,35,39). The van der Waals surface area contributed by atoms with E-state index in [0.29, 0.717) is 30.9 Å². The number of fused-ring (bicyclic) bond motifs is 1. The zero-order chi connectivity index (χ0) is 32.5. The monoisotopic (exact) mass is 644 g/mol. The number of likely N-dealkylation sites (tertiary alicyclic amines) is 1. The van der Waals surface area contributed by atoms with Gasteiger partial charge in [0.05, 0.1) is 11.4 Å². The molecule has 0 radical (unpaired) electrons. The van der Waals surface area contributed by atoms with Gasteiger partial charge in [0.15, 0.2) is 11.5 Å². The Hall–Kier alpha value is -3.19. The molecule has 2 aromatic rings. The summed E-state index contributed by atoms with van der Waals surface area (Å²) in [6.45, 7) is 8.21. The predicted molar refractivity (Wildman–Crippen MR) is 171 cm³/mol. The number of nitrogens with one attached hydrogen (secondary N) is 2. The first-order valence-corrected chi connectivity index (χ1v) is 17.4. The molecule has 0 aromatic heterocycles. The maximum Gasteiger partial charge on any atom is 0.245 e. The largest absolute Gasteiger partial charge is 0.454 e. The second-order valence-corrected chi connectivity index (χ2v) is 14.4. The molecule has 2 amide bonds. The summed E-state index contributed by atoms with van der Waals surface area (Å²) in [7, 11) is -4.19. The molecule has 0 aliphatic carbocycles. The average molecular weight is 645 g/mol. The topological polar surface area (TPSA) is 138 Å². The van der Waals surface area contributed by atoms with Crippen molar-refractivity contribution >= 4 is 21.8 Å². The van der Waals surface area contributed by atoms with Crippen molar-refractivity contribution in [3.63, 3.8) is 0 Å². The van der Waals surface area contributed by atoms with Gasteiger partial charge in [0.25, 0.3) is 0 Å². The van der Waals surface area contributed by atoms with Crippen LogP contribution in [0.4, 0.5) is 0 Å². The molecule has 248 valence electrons. The van der Waals surface area contributed by atoms with Gasteiger partial charge in [0.1, 0.15) is 5.72 Å². The molecule has 2 atom stereocenters. The number of amides is 2. The smallest absolute Gasteiger partial charge is 0.245 e. The molecular formula is C33H48N4O7S. The lowest BCUT2D eigenvalue weighted by atomic mass is 9.98. The zero-order valence-electron chi connectivity index (χ0n) is 26.7. The van der Waals surface area contributed by atoms with E-state index in [4.69, 9.17) is 9.47 Å². The summed E-state index contributed by atoms with van der Waals surface area (Å²) in [6, 6.07) is 13.6. The number of aliphatic hydroxyl groups is 1. The number of hydrogen-bond acceptors (Lipinski definition) is 8. The molecule has 1 fully saturated rings. The SMILES string of the molecule is CC(C)CN(C(O)(CCNC(=O)CCCC(C)NC(=O)CN1CCCC1)Cc1ccccc1)S(=O)(=O)c1ccc2c(c1)OCO2. The van der Waals surface area contributed by atoms with Gasteiger partial charge in [0.2, 0.25) is 28.6 Å². The number of ether oxygens (including phenoxy) is 2. The maximum atomic E-state index is 14.1. The third-order valence-electron chi connectivity index (χ3n) is 8.12. The molecule has 2 aliphatic rings. The van der Waals surface area contributed by atoms with E-state index in [1.54, 1.807) is 6.07 Å². The van der Waals surface area contributed by atoms with Crippen molar-refractivity contribution in [1.82, 2.24) is 19.8 Å². The molecule has 1 saturated heterocycles. The number of sulfonamides is 1. The van der Waals surface area contributed by atoms with Gasteiger partial charge in [-0.3, -0.25) is 14.5 Å². The number of benzene rings is 2. The van der Waals surface area contributed by atoms with E-state index in [1.165, 1.54) is 12.1 Å². The van der Waals surface area contributed by atoms with Gasteiger partial charge >= 0.3 is 0 Å². The summed E-state index contributed by atoms with van der Waals surface area (Å²) in [5.41, 5.74) is -1.07.